The minimum atomic E-state index is -3.41. The zero-order chi connectivity index (χ0) is 15.2. The standard InChI is InChI=1S/C15H25NO3S/c1-5-11-16-13(6-2)12(3)20(17,18)15-10-8-7-9-14(15)19-4/h7-10,12-13,16H,5-6,11H2,1-4H3. The van der Waals surface area contributed by atoms with E-state index in [1.807, 2.05) is 6.92 Å². The van der Waals surface area contributed by atoms with Gasteiger partial charge in [0, 0.05) is 6.04 Å². The van der Waals surface area contributed by atoms with Crippen LogP contribution in [0, 0.1) is 0 Å². The molecule has 1 aromatic rings. The number of sulfone groups is 1. The van der Waals surface area contributed by atoms with Gasteiger partial charge in [-0.3, -0.25) is 0 Å². The molecule has 1 N–H and O–H groups in total. The van der Waals surface area contributed by atoms with E-state index in [1.165, 1.54) is 7.11 Å². The molecule has 1 aromatic carbocycles. The van der Waals surface area contributed by atoms with Crippen LogP contribution in [0.2, 0.25) is 0 Å². The molecule has 4 nitrogen and oxygen atoms in total. The van der Waals surface area contributed by atoms with Crippen molar-refractivity contribution in [1.82, 2.24) is 5.32 Å². The van der Waals surface area contributed by atoms with Crippen LogP contribution in [0.1, 0.15) is 33.6 Å². The molecule has 0 aromatic heterocycles. The third kappa shape index (κ3) is 3.73. The van der Waals surface area contributed by atoms with Crippen LogP contribution >= 0.6 is 0 Å². The highest BCUT2D eigenvalue weighted by Gasteiger charge is 2.31. The van der Waals surface area contributed by atoms with E-state index in [9.17, 15) is 8.42 Å². The molecule has 114 valence electrons. The first kappa shape index (κ1) is 17.0. The maximum atomic E-state index is 12.8. The molecule has 0 radical (unpaired) electrons. The highest BCUT2D eigenvalue weighted by molar-refractivity contribution is 7.92. The zero-order valence-corrected chi connectivity index (χ0v) is 13.5. The van der Waals surface area contributed by atoms with Crippen molar-refractivity contribution in [1.29, 1.82) is 0 Å². The smallest absolute Gasteiger partial charge is 0.186 e. The molecule has 0 saturated carbocycles. The van der Waals surface area contributed by atoms with Crippen LogP contribution in [0.15, 0.2) is 29.2 Å². The van der Waals surface area contributed by atoms with Gasteiger partial charge in [-0.15, -0.1) is 0 Å². The second kappa shape index (κ2) is 7.64. The molecule has 0 fully saturated rings. The molecule has 0 heterocycles. The van der Waals surface area contributed by atoms with Gasteiger partial charge in [-0.1, -0.05) is 26.0 Å². The van der Waals surface area contributed by atoms with E-state index >= 15 is 0 Å². The molecule has 2 unspecified atom stereocenters. The van der Waals surface area contributed by atoms with E-state index in [2.05, 4.69) is 12.2 Å². The molecule has 0 spiro atoms. The molecular weight excluding hydrogens is 274 g/mol. The largest absolute Gasteiger partial charge is 0.495 e. The van der Waals surface area contributed by atoms with Crippen molar-refractivity contribution in [2.45, 2.75) is 49.8 Å². The van der Waals surface area contributed by atoms with Crippen LogP contribution in [0.4, 0.5) is 0 Å². The summed E-state index contributed by atoms with van der Waals surface area (Å²) in [4.78, 5) is 0.270. The minimum absolute atomic E-state index is 0.0511. The molecule has 5 heteroatoms. The molecule has 0 aliphatic heterocycles. The van der Waals surface area contributed by atoms with E-state index in [4.69, 9.17) is 4.74 Å². The molecule has 20 heavy (non-hydrogen) atoms. The Morgan fingerprint density at radius 1 is 1.25 bits per heavy atom. The third-order valence-electron chi connectivity index (χ3n) is 3.53. The van der Waals surface area contributed by atoms with E-state index in [1.54, 1.807) is 31.2 Å². The van der Waals surface area contributed by atoms with Crippen molar-refractivity contribution in [3.8, 4) is 5.75 Å². The summed E-state index contributed by atoms with van der Waals surface area (Å²) in [5, 5.41) is 2.82. The lowest BCUT2D eigenvalue weighted by Gasteiger charge is -2.24. The Balaban J connectivity index is 3.08. The first-order chi connectivity index (χ1) is 9.48. The van der Waals surface area contributed by atoms with Gasteiger partial charge in [0.15, 0.2) is 9.84 Å². The van der Waals surface area contributed by atoms with Gasteiger partial charge in [0.05, 0.1) is 12.4 Å². The lowest BCUT2D eigenvalue weighted by Crippen LogP contribution is -2.42. The Bertz CT molecular complexity index is 514. The Morgan fingerprint density at radius 2 is 1.90 bits per heavy atom. The molecule has 0 amide bonds. The lowest BCUT2D eigenvalue weighted by atomic mass is 10.1. The molecule has 0 saturated heterocycles. The fourth-order valence-electron chi connectivity index (χ4n) is 2.24. The van der Waals surface area contributed by atoms with Crippen molar-refractivity contribution in [3.63, 3.8) is 0 Å². The van der Waals surface area contributed by atoms with Gasteiger partial charge in [0.2, 0.25) is 0 Å². The van der Waals surface area contributed by atoms with Crippen LogP contribution in [0.25, 0.3) is 0 Å². The molecule has 0 aliphatic carbocycles. The average Bonchev–Trinajstić information content (AvgIpc) is 2.47. The Morgan fingerprint density at radius 3 is 2.45 bits per heavy atom. The highest BCUT2D eigenvalue weighted by atomic mass is 32.2. The molecule has 0 bridgehead atoms. The second-order valence-corrected chi connectivity index (χ2v) is 7.14. The predicted molar refractivity (Wildman–Crippen MR) is 82.0 cm³/mol. The third-order valence-corrected chi connectivity index (χ3v) is 5.79. The van der Waals surface area contributed by atoms with Crippen LogP contribution in [0.3, 0.4) is 0 Å². The normalized spacial score (nSPS) is 14.8. The summed E-state index contributed by atoms with van der Waals surface area (Å²) < 4.78 is 30.7. The summed E-state index contributed by atoms with van der Waals surface area (Å²) in [6, 6.07) is 6.74. The lowest BCUT2D eigenvalue weighted by molar-refractivity contribution is 0.401. The van der Waals surface area contributed by atoms with Crippen molar-refractivity contribution < 1.29 is 13.2 Å². The average molecular weight is 299 g/mol. The van der Waals surface area contributed by atoms with Gasteiger partial charge >= 0.3 is 0 Å². The highest BCUT2D eigenvalue weighted by Crippen LogP contribution is 2.28. The fraction of sp³-hybridized carbons (Fsp3) is 0.600. The second-order valence-electron chi connectivity index (χ2n) is 4.87. The first-order valence-corrected chi connectivity index (χ1v) is 8.63. The van der Waals surface area contributed by atoms with E-state index in [-0.39, 0.29) is 10.9 Å². The molecule has 1 rings (SSSR count). The van der Waals surface area contributed by atoms with Gasteiger partial charge < -0.3 is 10.1 Å². The number of ether oxygens (including phenoxy) is 1. The van der Waals surface area contributed by atoms with E-state index < -0.39 is 15.1 Å². The number of rotatable bonds is 8. The van der Waals surface area contributed by atoms with Gasteiger partial charge in [0.25, 0.3) is 0 Å². The number of nitrogens with one attached hydrogen (secondary N) is 1. The molecular formula is C15H25NO3S. The van der Waals surface area contributed by atoms with Crippen LogP contribution < -0.4 is 10.1 Å². The summed E-state index contributed by atoms with van der Waals surface area (Å²) in [7, 11) is -1.92. The maximum absolute atomic E-state index is 12.8. The number of hydrogen-bond donors (Lipinski definition) is 1. The Kier molecular flexibility index (Phi) is 6.49. The zero-order valence-electron chi connectivity index (χ0n) is 12.7. The van der Waals surface area contributed by atoms with Gasteiger partial charge in [-0.2, -0.15) is 0 Å². The Hall–Kier alpha value is -1.07. The number of para-hydroxylation sites is 1. The number of hydrogen-bond acceptors (Lipinski definition) is 4. The molecule has 2 atom stereocenters. The van der Waals surface area contributed by atoms with Crippen molar-refractivity contribution in [2.24, 2.45) is 0 Å². The SMILES string of the molecule is CCCNC(CC)C(C)S(=O)(=O)c1ccccc1OC. The van der Waals surface area contributed by atoms with Crippen molar-refractivity contribution in [3.05, 3.63) is 24.3 Å². The quantitative estimate of drug-likeness (QED) is 0.802. The van der Waals surface area contributed by atoms with Gasteiger partial charge in [-0.05, 0) is 38.4 Å². The number of methoxy groups -OCH3 is 1. The molecule has 0 aliphatic rings. The fourth-order valence-corrected chi connectivity index (χ4v) is 4.06. The van der Waals surface area contributed by atoms with Crippen LogP contribution in [0.5, 0.6) is 5.75 Å². The minimum Gasteiger partial charge on any atom is -0.495 e. The monoisotopic (exact) mass is 299 g/mol. The van der Waals surface area contributed by atoms with E-state index in [0.717, 1.165) is 19.4 Å². The predicted octanol–water partition coefficient (Wildman–Crippen LogP) is 2.64. The topological polar surface area (TPSA) is 55.4 Å². The van der Waals surface area contributed by atoms with Crippen LogP contribution in [-0.4, -0.2) is 33.4 Å². The summed E-state index contributed by atoms with van der Waals surface area (Å²) in [6.07, 6.45) is 1.76. The maximum Gasteiger partial charge on any atom is 0.186 e. The summed E-state index contributed by atoms with van der Waals surface area (Å²) in [6.45, 7) is 6.66. The summed E-state index contributed by atoms with van der Waals surface area (Å²) >= 11 is 0. The summed E-state index contributed by atoms with van der Waals surface area (Å²) in [5.74, 6) is 0.407. The number of benzene rings is 1. The Labute approximate surface area is 122 Å². The van der Waals surface area contributed by atoms with Crippen molar-refractivity contribution >= 4 is 9.84 Å². The van der Waals surface area contributed by atoms with Gasteiger partial charge in [-0.25, -0.2) is 8.42 Å². The van der Waals surface area contributed by atoms with Gasteiger partial charge in [0.1, 0.15) is 10.6 Å². The first-order valence-electron chi connectivity index (χ1n) is 7.09. The van der Waals surface area contributed by atoms with E-state index in [0.29, 0.717) is 5.75 Å². The van der Waals surface area contributed by atoms with Crippen LogP contribution in [-0.2, 0) is 9.84 Å². The summed E-state index contributed by atoms with van der Waals surface area (Å²) in [5.41, 5.74) is 0. The van der Waals surface area contributed by atoms with Crippen molar-refractivity contribution in [2.75, 3.05) is 13.7 Å².